The first-order valence-electron chi connectivity index (χ1n) is 21.4. The van der Waals surface area contributed by atoms with Crippen molar-refractivity contribution in [2.75, 3.05) is 75.7 Å². The molecule has 2 N–H and O–H groups in total. The number of hydrogen-bond acceptors (Lipinski definition) is 11. The number of benzene rings is 1. The van der Waals surface area contributed by atoms with Gasteiger partial charge in [0.15, 0.2) is 18.0 Å². The number of oxazole rings is 1. The number of ether oxygens (including phenoxy) is 2. The Bertz CT molecular complexity index is 2120. The second kappa shape index (κ2) is 20.4. The number of aromatic nitrogens is 4. The Balaban J connectivity index is 0.785. The highest BCUT2D eigenvalue weighted by atomic mass is 19.3. The number of hydrogen-bond donors (Lipinski definition) is 2. The molecule has 7 rings (SSSR count). The number of carbonyl (C=O) groups is 3. The summed E-state index contributed by atoms with van der Waals surface area (Å²) >= 11 is 0. The summed E-state index contributed by atoms with van der Waals surface area (Å²) in [7, 11) is 5.62. The summed E-state index contributed by atoms with van der Waals surface area (Å²) in [5.74, 6) is 1.22. The number of unbranched alkanes of at least 4 members (excludes halogenated alkanes) is 2. The molecule has 2 aliphatic carbocycles. The molecule has 15 nitrogen and oxygen atoms in total. The Morgan fingerprint density at radius 2 is 1.84 bits per heavy atom. The van der Waals surface area contributed by atoms with Crippen molar-refractivity contribution >= 4 is 34.9 Å². The van der Waals surface area contributed by atoms with Gasteiger partial charge in [0, 0.05) is 63.5 Å². The van der Waals surface area contributed by atoms with E-state index in [0.29, 0.717) is 36.4 Å². The van der Waals surface area contributed by atoms with Crippen molar-refractivity contribution in [1.82, 2.24) is 30.0 Å². The van der Waals surface area contributed by atoms with Crippen LogP contribution < -0.4 is 25.2 Å². The summed E-state index contributed by atoms with van der Waals surface area (Å²) in [5.41, 5.74) is 2.03. The van der Waals surface area contributed by atoms with Crippen LogP contribution in [0.5, 0.6) is 5.75 Å². The second-order valence-corrected chi connectivity index (χ2v) is 16.5. The first-order chi connectivity index (χ1) is 29.6. The van der Waals surface area contributed by atoms with Gasteiger partial charge in [-0.1, -0.05) is 6.42 Å². The van der Waals surface area contributed by atoms with Gasteiger partial charge in [0.1, 0.15) is 24.4 Å². The van der Waals surface area contributed by atoms with E-state index in [4.69, 9.17) is 13.9 Å². The number of rotatable bonds is 20. The zero-order valence-electron chi connectivity index (χ0n) is 35.3. The number of amides is 3. The van der Waals surface area contributed by atoms with Crippen molar-refractivity contribution in [3.05, 3.63) is 65.9 Å². The van der Waals surface area contributed by atoms with Crippen molar-refractivity contribution in [2.24, 2.45) is 5.92 Å². The Hall–Kier alpha value is -5.42. The third kappa shape index (κ3) is 11.5. The van der Waals surface area contributed by atoms with Crippen LogP contribution in [0, 0.1) is 5.92 Å². The predicted molar refractivity (Wildman–Crippen MR) is 226 cm³/mol. The van der Waals surface area contributed by atoms with Crippen LogP contribution in [-0.4, -0.2) is 109 Å². The molecule has 1 aliphatic heterocycles. The lowest BCUT2D eigenvalue weighted by Gasteiger charge is -2.31. The number of pyridine rings is 1. The van der Waals surface area contributed by atoms with Crippen molar-refractivity contribution in [3.8, 4) is 17.2 Å². The average molecular weight is 846 g/mol. The molecule has 0 atom stereocenters. The third-order valence-corrected chi connectivity index (χ3v) is 11.8. The van der Waals surface area contributed by atoms with Crippen molar-refractivity contribution < 1.29 is 37.1 Å². The maximum atomic E-state index is 14.1. The summed E-state index contributed by atoms with van der Waals surface area (Å²) < 4.78 is 46.2. The van der Waals surface area contributed by atoms with Crippen molar-refractivity contribution in [3.63, 3.8) is 0 Å². The molecule has 2 fully saturated rings. The number of anilines is 3. The highest BCUT2D eigenvalue weighted by Gasteiger charge is 2.30. The molecule has 4 aromatic rings. The highest BCUT2D eigenvalue weighted by Crippen LogP contribution is 2.36. The number of fused-ring (bicyclic) bond motifs is 1. The standard InChI is InChI=1S/C44H57F2N9O6/c1-52(20-6-4-5-18-48-39(56)27-60-34-15-16-37-30(22-34)8-7-21-54(37)40(57)28-59-3)24-29-9-11-33(12-10-29)55-25-35(41(51-55)42(45)46)49-43(58)36-26-61-44(50-36)31-17-19-47-38(23-31)53(2)32-13-14-32/h15-17,19,22-23,25-26,29,32-33,42H,4-14,18,20-21,24,27-28H2,1-3H3,(H,48,56)(H,49,58). The van der Waals surface area contributed by atoms with Crippen LogP contribution in [0.25, 0.3) is 11.5 Å². The molecule has 0 unspecified atom stereocenters. The SMILES string of the molecule is COCC(=O)N1CCCc2cc(OCC(=O)NCCCCCN(C)CC3CCC(n4cc(NC(=O)c5coc(-c6ccnc(N(C)C7CC7)c6)n5)c(C(F)F)n4)CC3)ccc21. The monoisotopic (exact) mass is 845 g/mol. The average Bonchev–Trinajstić information content (AvgIpc) is 3.83. The van der Waals surface area contributed by atoms with Crippen LogP contribution in [0.2, 0.25) is 0 Å². The van der Waals surface area contributed by atoms with Crippen LogP contribution >= 0.6 is 0 Å². The number of halogens is 2. The molecule has 2 saturated carbocycles. The van der Waals surface area contributed by atoms with Crippen LogP contribution in [-0.2, 0) is 20.7 Å². The summed E-state index contributed by atoms with van der Waals surface area (Å²) in [5, 5.41) is 9.77. The summed E-state index contributed by atoms with van der Waals surface area (Å²) in [6, 6.07) is 9.60. The van der Waals surface area contributed by atoms with Gasteiger partial charge in [0.25, 0.3) is 24.1 Å². The van der Waals surface area contributed by atoms with Gasteiger partial charge in [-0.15, -0.1) is 0 Å². The molecular weight excluding hydrogens is 789 g/mol. The predicted octanol–water partition coefficient (Wildman–Crippen LogP) is 6.68. The van der Waals surface area contributed by atoms with Gasteiger partial charge in [0.05, 0.1) is 11.7 Å². The van der Waals surface area contributed by atoms with E-state index in [1.165, 1.54) is 19.6 Å². The lowest BCUT2D eigenvalue weighted by molar-refractivity contribution is -0.123. The molecule has 3 aromatic heterocycles. The minimum absolute atomic E-state index is 0.0236. The smallest absolute Gasteiger partial charge is 0.284 e. The van der Waals surface area contributed by atoms with Crippen molar-refractivity contribution in [2.45, 2.75) is 89.1 Å². The highest BCUT2D eigenvalue weighted by molar-refractivity contribution is 6.03. The minimum atomic E-state index is -2.86. The molecule has 0 spiro atoms. The molecule has 4 heterocycles. The second-order valence-electron chi connectivity index (χ2n) is 16.5. The lowest BCUT2D eigenvalue weighted by atomic mass is 9.86. The molecular formula is C44H57F2N9O6. The Labute approximate surface area is 355 Å². The number of alkyl halides is 2. The number of carbonyl (C=O) groups excluding carboxylic acids is 3. The quantitative estimate of drug-likeness (QED) is 0.0915. The van der Waals surface area contributed by atoms with Crippen molar-refractivity contribution in [1.29, 1.82) is 0 Å². The minimum Gasteiger partial charge on any atom is -0.484 e. The third-order valence-electron chi connectivity index (χ3n) is 11.8. The molecule has 0 saturated heterocycles. The Morgan fingerprint density at radius 3 is 2.61 bits per heavy atom. The first-order valence-corrected chi connectivity index (χ1v) is 21.4. The zero-order chi connectivity index (χ0) is 42.9. The summed E-state index contributed by atoms with van der Waals surface area (Å²) in [6.45, 7) is 3.10. The van der Waals surface area contributed by atoms with Gasteiger partial charge in [-0.3, -0.25) is 19.1 Å². The van der Waals surface area contributed by atoms with E-state index >= 15 is 0 Å². The van der Waals surface area contributed by atoms with Gasteiger partial charge >= 0.3 is 0 Å². The van der Waals surface area contributed by atoms with E-state index in [2.05, 4.69) is 42.5 Å². The van der Waals surface area contributed by atoms with E-state index in [0.717, 1.165) is 101 Å². The molecule has 0 bridgehead atoms. The van der Waals surface area contributed by atoms with Gasteiger partial charge in [-0.2, -0.15) is 5.10 Å². The van der Waals surface area contributed by atoms with E-state index in [9.17, 15) is 23.2 Å². The fourth-order valence-corrected chi connectivity index (χ4v) is 8.30. The maximum absolute atomic E-state index is 14.1. The fourth-order valence-electron chi connectivity index (χ4n) is 8.30. The zero-order valence-corrected chi connectivity index (χ0v) is 35.3. The molecule has 0 radical (unpaired) electrons. The largest absolute Gasteiger partial charge is 0.484 e. The molecule has 17 heteroatoms. The summed E-state index contributed by atoms with van der Waals surface area (Å²) in [6.07, 6.45) is 11.8. The molecule has 1 aromatic carbocycles. The number of methoxy groups -OCH3 is 1. The van der Waals surface area contributed by atoms with Crippen LogP contribution in [0.1, 0.15) is 98.4 Å². The van der Waals surface area contributed by atoms with Crippen LogP contribution in [0.4, 0.5) is 26.0 Å². The van der Waals surface area contributed by atoms with E-state index < -0.39 is 18.0 Å². The number of aryl methyl sites for hydroxylation is 1. The Morgan fingerprint density at radius 1 is 1.02 bits per heavy atom. The normalized spacial score (nSPS) is 17.7. The van der Waals surface area contributed by atoms with Gasteiger partial charge in [-0.25, -0.2) is 18.7 Å². The molecule has 61 heavy (non-hydrogen) atoms. The van der Waals surface area contributed by atoms with Gasteiger partial charge in [-0.05, 0) is 120 Å². The molecule has 3 amide bonds. The van der Waals surface area contributed by atoms with Crippen LogP contribution in [0.15, 0.2) is 53.4 Å². The summed E-state index contributed by atoms with van der Waals surface area (Å²) in [4.78, 5) is 52.9. The van der Waals surface area contributed by atoms with Gasteiger partial charge < -0.3 is 39.2 Å². The molecule has 3 aliphatic rings. The first kappa shape index (κ1) is 43.7. The van der Waals surface area contributed by atoms with Crippen LogP contribution in [0.3, 0.4) is 0 Å². The maximum Gasteiger partial charge on any atom is 0.284 e. The van der Waals surface area contributed by atoms with E-state index in [1.807, 2.05) is 25.2 Å². The van der Waals surface area contributed by atoms with Gasteiger partial charge in [0.2, 0.25) is 5.89 Å². The Kier molecular flexibility index (Phi) is 14.6. The van der Waals surface area contributed by atoms with E-state index in [-0.39, 0.29) is 48.3 Å². The number of nitrogens with zero attached hydrogens (tertiary/aromatic N) is 7. The topological polar surface area (TPSA) is 160 Å². The number of nitrogens with one attached hydrogen (secondary N) is 2. The lowest BCUT2D eigenvalue weighted by Crippen LogP contribution is -2.37. The van der Waals surface area contributed by atoms with E-state index in [1.54, 1.807) is 27.9 Å². The molecule has 328 valence electrons. The fraction of sp³-hybridized carbons (Fsp3) is 0.545.